The zero-order chi connectivity index (χ0) is 16.6. The predicted octanol–water partition coefficient (Wildman–Crippen LogP) is 0.942. The van der Waals surface area contributed by atoms with Gasteiger partial charge in [-0.2, -0.15) is 4.72 Å². The third-order valence-corrected chi connectivity index (χ3v) is 4.37. The molecule has 1 aromatic rings. The fraction of sp³-hybridized carbons (Fsp3) is 0.500. The third kappa shape index (κ3) is 5.28. The molecule has 0 spiro atoms. The van der Waals surface area contributed by atoms with Gasteiger partial charge in [0.2, 0.25) is 10.0 Å². The van der Waals surface area contributed by atoms with Crippen molar-refractivity contribution in [2.45, 2.75) is 24.3 Å². The van der Waals surface area contributed by atoms with Crippen LogP contribution in [0.1, 0.15) is 13.3 Å². The van der Waals surface area contributed by atoms with E-state index in [0.717, 1.165) is 0 Å². The molecule has 0 amide bonds. The lowest BCUT2D eigenvalue weighted by Crippen LogP contribution is -2.40. The summed E-state index contributed by atoms with van der Waals surface area (Å²) in [6.45, 7) is 2.51. The average Bonchev–Trinajstić information content (AvgIpc) is 2.52. The topological polar surface area (TPSA) is 90.9 Å². The van der Waals surface area contributed by atoms with Crippen molar-refractivity contribution in [1.29, 1.82) is 0 Å². The number of hydrogen-bond donors (Lipinski definition) is 1. The van der Waals surface area contributed by atoms with Gasteiger partial charge < -0.3 is 14.2 Å². The van der Waals surface area contributed by atoms with Crippen molar-refractivity contribution in [3.63, 3.8) is 0 Å². The number of carbonyl (C=O) groups is 1. The monoisotopic (exact) mass is 331 g/mol. The molecule has 0 bridgehead atoms. The first-order valence-electron chi connectivity index (χ1n) is 6.76. The summed E-state index contributed by atoms with van der Waals surface area (Å²) in [7, 11) is -1.02. The van der Waals surface area contributed by atoms with Crippen LogP contribution in [0.4, 0.5) is 0 Å². The molecular weight excluding hydrogens is 310 g/mol. The number of hydrogen-bond acceptors (Lipinski definition) is 6. The van der Waals surface area contributed by atoms with Crippen molar-refractivity contribution in [2.24, 2.45) is 0 Å². The van der Waals surface area contributed by atoms with Crippen LogP contribution in [0.25, 0.3) is 0 Å². The molecule has 0 heterocycles. The Kier molecular flexibility index (Phi) is 7.30. The maximum absolute atomic E-state index is 12.2. The van der Waals surface area contributed by atoms with Crippen molar-refractivity contribution >= 4 is 16.0 Å². The SMILES string of the molecule is CC[C@H](NS(=O)(=O)c1ccc(OCCOC)cc1)C(=O)OC. The molecule has 1 atom stereocenters. The minimum absolute atomic E-state index is 0.0499. The summed E-state index contributed by atoms with van der Waals surface area (Å²) in [4.78, 5) is 11.5. The summed E-state index contributed by atoms with van der Waals surface area (Å²) in [5.74, 6) is -0.0818. The average molecular weight is 331 g/mol. The number of rotatable bonds is 9. The van der Waals surface area contributed by atoms with Crippen LogP contribution in [-0.4, -0.2) is 47.9 Å². The van der Waals surface area contributed by atoms with Crippen LogP contribution >= 0.6 is 0 Å². The van der Waals surface area contributed by atoms with E-state index in [1.165, 1.54) is 19.2 Å². The van der Waals surface area contributed by atoms with Crippen molar-refractivity contribution < 1.29 is 27.4 Å². The highest BCUT2D eigenvalue weighted by molar-refractivity contribution is 7.89. The highest BCUT2D eigenvalue weighted by atomic mass is 32.2. The Morgan fingerprint density at radius 2 is 1.82 bits per heavy atom. The Labute approximate surface area is 130 Å². The number of nitrogens with one attached hydrogen (secondary N) is 1. The predicted molar refractivity (Wildman–Crippen MR) is 80.2 cm³/mol. The zero-order valence-electron chi connectivity index (χ0n) is 12.9. The van der Waals surface area contributed by atoms with Gasteiger partial charge in [-0.25, -0.2) is 8.42 Å². The molecule has 0 aliphatic carbocycles. The zero-order valence-corrected chi connectivity index (χ0v) is 13.7. The summed E-state index contributed by atoms with van der Waals surface area (Å²) in [6.07, 6.45) is 0.296. The van der Waals surface area contributed by atoms with Crippen LogP contribution in [0.2, 0.25) is 0 Å². The second kappa shape index (κ2) is 8.72. The lowest BCUT2D eigenvalue weighted by Gasteiger charge is -2.15. The number of ether oxygens (including phenoxy) is 3. The van der Waals surface area contributed by atoms with Crippen LogP contribution in [-0.2, 0) is 24.3 Å². The van der Waals surface area contributed by atoms with Crippen LogP contribution in [0, 0.1) is 0 Å². The second-order valence-corrected chi connectivity index (χ2v) is 6.13. The van der Waals surface area contributed by atoms with Crippen LogP contribution in [0.15, 0.2) is 29.2 Å². The first kappa shape index (κ1) is 18.4. The van der Waals surface area contributed by atoms with Crippen LogP contribution < -0.4 is 9.46 Å². The van der Waals surface area contributed by atoms with Gasteiger partial charge in [0, 0.05) is 7.11 Å². The van der Waals surface area contributed by atoms with E-state index in [0.29, 0.717) is 25.4 Å². The molecule has 0 unspecified atom stereocenters. The van der Waals surface area contributed by atoms with E-state index in [9.17, 15) is 13.2 Å². The summed E-state index contributed by atoms with van der Waals surface area (Å²) in [5, 5.41) is 0. The lowest BCUT2D eigenvalue weighted by molar-refractivity contribution is -0.142. The number of benzene rings is 1. The van der Waals surface area contributed by atoms with Crippen LogP contribution in [0.5, 0.6) is 5.75 Å². The normalized spacial score (nSPS) is 12.7. The molecule has 124 valence electrons. The summed E-state index contributed by atoms with van der Waals surface area (Å²) in [5.41, 5.74) is 0. The Bertz CT molecular complexity index is 570. The van der Waals surface area contributed by atoms with E-state index in [4.69, 9.17) is 9.47 Å². The fourth-order valence-electron chi connectivity index (χ4n) is 1.65. The quantitative estimate of drug-likeness (QED) is 0.535. The number of esters is 1. The van der Waals surface area contributed by atoms with Gasteiger partial charge in [0.1, 0.15) is 18.4 Å². The van der Waals surface area contributed by atoms with Gasteiger partial charge in [0.15, 0.2) is 0 Å². The molecule has 0 aliphatic heterocycles. The van der Waals surface area contributed by atoms with Crippen molar-refractivity contribution in [3.05, 3.63) is 24.3 Å². The largest absolute Gasteiger partial charge is 0.491 e. The van der Waals surface area contributed by atoms with E-state index in [-0.39, 0.29) is 4.90 Å². The summed E-state index contributed by atoms with van der Waals surface area (Å²) < 4.78 is 41.5. The highest BCUT2D eigenvalue weighted by Crippen LogP contribution is 2.16. The maximum Gasteiger partial charge on any atom is 0.323 e. The fourth-order valence-corrected chi connectivity index (χ4v) is 2.92. The van der Waals surface area contributed by atoms with Gasteiger partial charge >= 0.3 is 5.97 Å². The minimum atomic E-state index is -3.80. The standard InChI is InChI=1S/C14H21NO6S/c1-4-13(14(16)20-3)15-22(17,18)12-7-5-11(6-8-12)21-10-9-19-2/h5-8,13,15H,4,9-10H2,1-3H3/t13-/m0/s1. The number of carbonyl (C=O) groups excluding carboxylic acids is 1. The second-order valence-electron chi connectivity index (χ2n) is 4.42. The van der Waals surface area contributed by atoms with Gasteiger partial charge in [-0.3, -0.25) is 4.79 Å². The lowest BCUT2D eigenvalue weighted by atomic mass is 10.2. The molecule has 0 fully saturated rings. The molecule has 1 rings (SSSR count). The molecule has 0 saturated heterocycles. The molecule has 1 N–H and O–H groups in total. The Balaban J connectivity index is 2.78. The van der Waals surface area contributed by atoms with E-state index in [1.807, 2.05) is 0 Å². The maximum atomic E-state index is 12.2. The Morgan fingerprint density at radius 1 is 1.18 bits per heavy atom. The number of methoxy groups -OCH3 is 2. The first-order valence-corrected chi connectivity index (χ1v) is 8.25. The molecule has 0 aromatic heterocycles. The summed E-state index contributed by atoms with van der Waals surface area (Å²) >= 11 is 0. The molecule has 22 heavy (non-hydrogen) atoms. The van der Waals surface area contributed by atoms with Crippen molar-refractivity contribution in [2.75, 3.05) is 27.4 Å². The molecule has 0 radical (unpaired) electrons. The molecule has 1 aromatic carbocycles. The first-order chi connectivity index (χ1) is 10.4. The molecule has 8 heteroatoms. The van der Waals surface area contributed by atoms with E-state index >= 15 is 0 Å². The van der Waals surface area contributed by atoms with Gasteiger partial charge in [-0.05, 0) is 30.7 Å². The van der Waals surface area contributed by atoms with Crippen molar-refractivity contribution in [3.8, 4) is 5.75 Å². The Hall–Kier alpha value is -1.64. The smallest absolute Gasteiger partial charge is 0.323 e. The van der Waals surface area contributed by atoms with Crippen LogP contribution in [0.3, 0.4) is 0 Å². The van der Waals surface area contributed by atoms with Gasteiger partial charge in [0.25, 0.3) is 0 Å². The van der Waals surface area contributed by atoms with Gasteiger partial charge in [-0.1, -0.05) is 6.92 Å². The third-order valence-electron chi connectivity index (χ3n) is 2.88. The molecule has 0 saturated carbocycles. The van der Waals surface area contributed by atoms with Gasteiger partial charge in [0.05, 0.1) is 18.6 Å². The Morgan fingerprint density at radius 3 is 2.32 bits per heavy atom. The van der Waals surface area contributed by atoms with E-state index in [2.05, 4.69) is 9.46 Å². The molecule has 7 nitrogen and oxygen atoms in total. The van der Waals surface area contributed by atoms with E-state index in [1.54, 1.807) is 26.2 Å². The van der Waals surface area contributed by atoms with Crippen molar-refractivity contribution in [1.82, 2.24) is 4.72 Å². The molecule has 0 aliphatic rings. The number of sulfonamides is 1. The summed E-state index contributed by atoms with van der Waals surface area (Å²) in [6, 6.07) is 5.00. The minimum Gasteiger partial charge on any atom is -0.491 e. The molecular formula is C14H21NO6S. The highest BCUT2D eigenvalue weighted by Gasteiger charge is 2.24. The van der Waals surface area contributed by atoms with E-state index < -0.39 is 22.0 Å². The van der Waals surface area contributed by atoms with Gasteiger partial charge in [-0.15, -0.1) is 0 Å².